The number of ketones is 1. The van der Waals surface area contributed by atoms with Gasteiger partial charge in [0.25, 0.3) is 0 Å². The molecule has 0 saturated carbocycles. The van der Waals surface area contributed by atoms with Gasteiger partial charge in [-0.05, 0) is 23.3 Å². The topological polar surface area (TPSA) is 87.0 Å². The predicted molar refractivity (Wildman–Crippen MR) is 99.4 cm³/mol. The van der Waals surface area contributed by atoms with E-state index in [4.69, 9.17) is 4.74 Å². The summed E-state index contributed by atoms with van der Waals surface area (Å²) >= 11 is 0. The van der Waals surface area contributed by atoms with Crippen LogP contribution in [0.2, 0.25) is 0 Å². The normalized spacial score (nSPS) is 15.9. The van der Waals surface area contributed by atoms with Crippen molar-refractivity contribution in [2.75, 3.05) is 0 Å². The summed E-state index contributed by atoms with van der Waals surface area (Å²) in [5.41, 5.74) is 2.25. The Morgan fingerprint density at radius 3 is 2.33 bits per heavy atom. The third kappa shape index (κ3) is 3.19. The van der Waals surface area contributed by atoms with Crippen LogP contribution in [0.5, 0.6) is 23.0 Å². The summed E-state index contributed by atoms with van der Waals surface area (Å²) < 4.78 is 6.07. The Bertz CT molecular complexity index is 993. The van der Waals surface area contributed by atoms with Crippen molar-refractivity contribution in [3.63, 3.8) is 0 Å². The predicted octanol–water partition coefficient (Wildman–Crippen LogP) is 4.10. The lowest BCUT2D eigenvalue weighted by atomic mass is 9.91. The Morgan fingerprint density at radius 2 is 1.63 bits per heavy atom. The summed E-state index contributed by atoms with van der Waals surface area (Å²) in [5.74, 6) is -0.309. The molecule has 0 amide bonds. The molecular formula is C22H18O5. The largest absolute Gasteiger partial charge is 0.508 e. The molecule has 1 atom stereocenters. The molecule has 4 rings (SSSR count). The average Bonchev–Trinajstić information content (AvgIpc) is 2.66. The lowest BCUT2D eigenvalue weighted by Crippen LogP contribution is -2.21. The standard InChI is InChI=1S/C22H18O5/c23-15-8-6-14(7-9-15)20-12-19(26)21-18(25)11-17(24)16(22(21)27-20)10-13-4-2-1-3-5-13/h1-9,11,20,23-25H,10,12H2. The van der Waals surface area contributed by atoms with E-state index in [2.05, 4.69) is 0 Å². The maximum Gasteiger partial charge on any atom is 0.174 e. The van der Waals surface area contributed by atoms with Gasteiger partial charge in [0.1, 0.15) is 34.7 Å². The molecule has 0 aliphatic carbocycles. The van der Waals surface area contributed by atoms with E-state index in [0.29, 0.717) is 12.0 Å². The van der Waals surface area contributed by atoms with Crippen LogP contribution < -0.4 is 4.74 Å². The van der Waals surface area contributed by atoms with E-state index in [1.165, 1.54) is 18.2 Å². The minimum atomic E-state index is -0.554. The third-order valence-corrected chi connectivity index (χ3v) is 4.74. The van der Waals surface area contributed by atoms with Crippen molar-refractivity contribution in [3.8, 4) is 23.0 Å². The van der Waals surface area contributed by atoms with Crippen molar-refractivity contribution in [2.45, 2.75) is 18.9 Å². The molecule has 3 N–H and O–H groups in total. The van der Waals surface area contributed by atoms with E-state index < -0.39 is 6.10 Å². The quantitative estimate of drug-likeness (QED) is 0.653. The monoisotopic (exact) mass is 362 g/mol. The average molecular weight is 362 g/mol. The van der Waals surface area contributed by atoms with Crippen molar-refractivity contribution in [3.05, 3.63) is 82.9 Å². The van der Waals surface area contributed by atoms with Crippen LogP contribution in [0.4, 0.5) is 0 Å². The van der Waals surface area contributed by atoms with E-state index in [-0.39, 0.29) is 40.8 Å². The maximum absolute atomic E-state index is 12.7. The number of carbonyl (C=O) groups excluding carboxylic acids is 1. The Balaban J connectivity index is 1.78. The molecule has 0 saturated heterocycles. The molecular weight excluding hydrogens is 344 g/mol. The molecule has 0 aromatic heterocycles. The van der Waals surface area contributed by atoms with E-state index in [1.807, 2.05) is 30.3 Å². The first-order valence-corrected chi connectivity index (χ1v) is 8.63. The maximum atomic E-state index is 12.7. The van der Waals surface area contributed by atoms with Crippen molar-refractivity contribution in [2.24, 2.45) is 0 Å². The fraction of sp³-hybridized carbons (Fsp3) is 0.136. The number of carbonyl (C=O) groups is 1. The number of rotatable bonds is 3. The number of Topliss-reactive ketones (excluding diaryl/α,β-unsaturated/α-hetero) is 1. The molecule has 0 radical (unpaired) electrons. The Kier molecular flexibility index (Phi) is 4.20. The van der Waals surface area contributed by atoms with Crippen LogP contribution in [0.15, 0.2) is 60.7 Å². The van der Waals surface area contributed by atoms with Crippen LogP contribution >= 0.6 is 0 Å². The molecule has 5 heteroatoms. The smallest absolute Gasteiger partial charge is 0.174 e. The number of phenolic OH excluding ortho intramolecular Hbond substituents is 3. The van der Waals surface area contributed by atoms with Gasteiger partial charge in [-0.3, -0.25) is 4.79 Å². The summed E-state index contributed by atoms with van der Waals surface area (Å²) in [4.78, 5) is 12.7. The fourth-order valence-electron chi connectivity index (χ4n) is 3.37. The van der Waals surface area contributed by atoms with Crippen LogP contribution in [0.25, 0.3) is 0 Å². The summed E-state index contributed by atoms with van der Waals surface area (Å²) in [7, 11) is 0. The zero-order valence-corrected chi connectivity index (χ0v) is 14.4. The highest BCUT2D eigenvalue weighted by atomic mass is 16.5. The highest BCUT2D eigenvalue weighted by Gasteiger charge is 2.33. The SMILES string of the molecule is O=C1CC(c2ccc(O)cc2)Oc2c(Cc3ccccc3)c(O)cc(O)c21. The molecule has 0 spiro atoms. The lowest BCUT2D eigenvalue weighted by molar-refractivity contribution is 0.0842. The zero-order chi connectivity index (χ0) is 19.0. The second-order valence-corrected chi connectivity index (χ2v) is 6.59. The van der Waals surface area contributed by atoms with Gasteiger partial charge in [-0.15, -0.1) is 0 Å². The molecule has 1 aliphatic heterocycles. The van der Waals surface area contributed by atoms with Gasteiger partial charge in [-0.25, -0.2) is 0 Å². The number of hydrogen-bond acceptors (Lipinski definition) is 5. The van der Waals surface area contributed by atoms with E-state index in [0.717, 1.165) is 11.1 Å². The van der Waals surface area contributed by atoms with Crippen LogP contribution in [-0.4, -0.2) is 21.1 Å². The molecule has 1 aliphatic rings. The number of hydrogen-bond donors (Lipinski definition) is 3. The second-order valence-electron chi connectivity index (χ2n) is 6.59. The molecule has 1 heterocycles. The van der Waals surface area contributed by atoms with Crippen molar-refractivity contribution < 1.29 is 24.9 Å². The number of phenols is 3. The van der Waals surface area contributed by atoms with Gasteiger partial charge in [-0.1, -0.05) is 42.5 Å². The summed E-state index contributed by atoms with van der Waals surface area (Å²) in [6, 6.07) is 17.2. The molecule has 0 bridgehead atoms. The Hall–Kier alpha value is -3.47. The first-order chi connectivity index (χ1) is 13.0. The Morgan fingerprint density at radius 1 is 0.926 bits per heavy atom. The summed E-state index contributed by atoms with van der Waals surface area (Å²) in [5, 5.41) is 30.1. The lowest BCUT2D eigenvalue weighted by Gasteiger charge is -2.28. The van der Waals surface area contributed by atoms with Crippen molar-refractivity contribution in [1.82, 2.24) is 0 Å². The van der Waals surface area contributed by atoms with Gasteiger partial charge in [0.05, 0.1) is 6.42 Å². The van der Waals surface area contributed by atoms with Gasteiger partial charge < -0.3 is 20.1 Å². The van der Waals surface area contributed by atoms with Crippen LogP contribution in [0.3, 0.4) is 0 Å². The molecule has 5 nitrogen and oxygen atoms in total. The molecule has 1 unspecified atom stereocenters. The van der Waals surface area contributed by atoms with Crippen molar-refractivity contribution in [1.29, 1.82) is 0 Å². The Labute approximate surface area is 156 Å². The van der Waals surface area contributed by atoms with Gasteiger partial charge in [0.15, 0.2) is 5.78 Å². The summed E-state index contributed by atoms with van der Waals surface area (Å²) in [6.45, 7) is 0. The van der Waals surface area contributed by atoms with Gasteiger partial charge in [-0.2, -0.15) is 0 Å². The fourth-order valence-corrected chi connectivity index (χ4v) is 3.37. The van der Waals surface area contributed by atoms with E-state index >= 15 is 0 Å². The minimum absolute atomic E-state index is 0.0703. The number of aromatic hydroxyl groups is 3. The molecule has 0 fully saturated rings. The number of benzene rings is 3. The van der Waals surface area contributed by atoms with Gasteiger partial charge >= 0.3 is 0 Å². The second kappa shape index (κ2) is 6.68. The highest BCUT2D eigenvalue weighted by molar-refractivity contribution is 6.03. The molecule has 3 aromatic carbocycles. The molecule has 3 aromatic rings. The third-order valence-electron chi connectivity index (χ3n) is 4.74. The number of ether oxygens (including phenoxy) is 1. The zero-order valence-electron chi connectivity index (χ0n) is 14.4. The summed E-state index contributed by atoms with van der Waals surface area (Å²) in [6.07, 6.45) is -0.118. The van der Waals surface area contributed by atoms with Crippen LogP contribution in [0.1, 0.15) is 39.6 Å². The van der Waals surface area contributed by atoms with E-state index in [1.54, 1.807) is 12.1 Å². The first kappa shape index (κ1) is 17.0. The first-order valence-electron chi connectivity index (χ1n) is 8.63. The molecule has 136 valence electrons. The highest BCUT2D eigenvalue weighted by Crippen LogP contribution is 2.46. The minimum Gasteiger partial charge on any atom is -0.508 e. The van der Waals surface area contributed by atoms with Crippen LogP contribution in [-0.2, 0) is 6.42 Å². The number of fused-ring (bicyclic) bond motifs is 1. The van der Waals surface area contributed by atoms with Gasteiger partial charge in [0.2, 0.25) is 0 Å². The van der Waals surface area contributed by atoms with E-state index in [9.17, 15) is 20.1 Å². The molecule has 27 heavy (non-hydrogen) atoms. The van der Waals surface area contributed by atoms with Crippen molar-refractivity contribution >= 4 is 5.78 Å². The van der Waals surface area contributed by atoms with Gasteiger partial charge in [0, 0.05) is 18.1 Å². The van der Waals surface area contributed by atoms with Crippen LogP contribution in [0, 0.1) is 0 Å².